The molecule has 0 bridgehead atoms. The molecule has 21 heavy (non-hydrogen) atoms. The van der Waals surface area contributed by atoms with Gasteiger partial charge in [-0.1, -0.05) is 5.21 Å². The monoisotopic (exact) mass is 295 g/mol. The summed E-state index contributed by atoms with van der Waals surface area (Å²) in [6.45, 7) is 3.39. The lowest BCUT2D eigenvalue weighted by Gasteiger charge is -2.21. The van der Waals surface area contributed by atoms with Crippen molar-refractivity contribution in [1.82, 2.24) is 24.8 Å². The number of hydrogen-bond donors (Lipinski definition) is 2. The van der Waals surface area contributed by atoms with Crippen LogP contribution in [0.3, 0.4) is 0 Å². The number of hydrogen-bond acceptors (Lipinski definition) is 6. The van der Waals surface area contributed by atoms with Gasteiger partial charge in [0.2, 0.25) is 11.8 Å². The quantitative estimate of drug-likeness (QED) is 0.633. The number of nitrogens with two attached hydrogens (primary N) is 2. The summed E-state index contributed by atoms with van der Waals surface area (Å²) in [6.07, 6.45) is 2.50. The van der Waals surface area contributed by atoms with Crippen LogP contribution < -0.4 is 11.5 Å². The molecule has 4 N–H and O–H groups in total. The highest BCUT2D eigenvalue weighted by atomic mass is 16.2. The number of aromatic nitrogens is 3. The van der Waals surface area contributed by atoms with Gasteiger partial charge in [0.1, 0.15) is 6.54 Å². The van der Waals surface area contributed by atoms with E-state index in [1.807, 2.05) is 4.90 Å². The van der Waals surface area contributed by atoms with Crippen molar-refractivity contribution in [2.75, 3.05) is 32.7 Å². The van der Waals surface area contributed by atoms with Crippen molar-refractivity contribution in [3.05, 3.63) is 11.9 Å². The van der Waals surface area contributed by atoms with E-state index < -0.39 is 0 Å². The molecule has 9 nitrogen and oxygen atoms in total. The zero-order valence-corrected chi connectivity index (χ0v) is 11.9. The Kier molecular flexibility index (Phi) is 5.23. The molecular weight excluding hydrogens is 274 g/mol. The molecule has 0 aromatic carbocycles. The number of carbonyl (C=O) groups excluding carboxylic acids is 2. The molecule has 0 saturated carbocycles. The zero-order chi connectivity index (χ0) is 15.2. The highest BCUT2D eigenvalue weighted by Gasteiger charge is 2.20. The molecule has 1 aliphatic rings. The molecule has 2 rings (SSSR count). The first kappa shape index (κ1) is 15.4. The van der Waals surface area contributed by atoms with Crippen molar-refractivity contribution in [3.63, 3.8) is 0 Å². The fourth-order valence-electron chi connectivity index (χ4n) is 2.35. The van der Waals surface area contributed by atoms with Crippen LogP contribution in [-0.2, 0) is 22.7 Å². The van der Waals surface area contributed by atoms with Gasteiger partial charge in [0.25, 0.3) is 0 Å². The van der Waals surface area contributed by atoms with E-state index >= 15 is 0 Å². The summed E-state index contributed by atoms with van der Waals surface area (Å²) in [5.74, 6) is -0.351. The van der Waals surface area contributed by atoms with Crippen molar-refractivity contribution in [1.29, 1.82) is 0 Å². The minimum atomic E-state index is -0.341. The maximum atomic E-state index is 12.2. The van der Waals surface area contributed by atoms with E-state index in [0.717, 1.165) is 13.0 Å². The second kappa shape index (κ2) is 7.14. The van der Waals surface area contributed by atoms with E-state index in [-0.39, 0.29) is 24.9 Å². The highest BCUT2D eigenvalue weighted by molar-refractivity contribution is 5.76. The van der Waals surface area contributed by atoms with Crippen LogP contribution in [0.15, 0.2) is 6.20 Å². The van der Waals surface area contributed by atoms with E-state index in [0.29, 0.717) is 31.9 Å². The van der Waals surface area contributed by atoms with Gasteiger partial charge in [0.05, 0.1) is 18.4 Å². The van der Waals surface area contributed by atoms with Gasteiger partial charge in [-0.3, -0.25) is 14.5 Å². The normalized spacial score (nSPS) is 16.7. The second-order valence-corrected chi connectivity index (χ2v) is 5.09. The molecule has 1 saturated heterocycles. The van der Waals surface area contributed by atoms with Gasteiger partial charge in [-0.05, 0) is 6.42 Å². The average Bonchev–Trinajstić information content (AvgIpc) is 2.76. The Hall–Kier alpha value is -2.00. The number of primary amides is 1. The zero-order valence-electron chi connectivity index (χ0n) is 11.9. The predicted octanol–water partition coefficient (Wildman–Crippen LogP) is -2.24. The standard InChI is InChI=1S/C12H21N7O2/c13-6-10-7-19(16-15-10)9-12(21)18-3-1-2-17(4-5-18)8-11(14)20/h7H,1-6,8-9,13H2,(H2,14,20). The van der Waals surface area contributed by atoms with Crippen LogP contribution in [0.1, 0.15) is 12.1 Å². The van der Waals surface area contributed by atoms with E-state index in [1.54, 1.807) is 11.1 Å². The SMILES string of the molecule is NCc1cn(CC(=O)N2CCCN(CC(N)=O)CC2)nn1. The number of rotatable bonds is 5. The van der Waals surface area contributed by atoms with Gasteiger partial charge in [0, 0.05) is 32.7 Å². The van der Waals surface area contributed by atoms with Crippen LogP contribution in [0.5, 0.6) is 0 Å². The molecule has 0 unspecified atom stereocenters. The minimum absolute atomic E-state index is 0.00982. The second-order valence-electron chi connectivity index (χ2n) is 5.09. The summed E-state index contributed by atoms with van der Waals surface area (Å²) >= 11 is 0. The molecule has 0 spiro atoms. The molecule has 2 heterocycles. The van der Waals surface area contributed by atoms with Gasteiger partial charge in [-0.2, -0.15) is 0 Å². The maximum Gasteiger partial charge on any atom is 0.244 e. The smallest absolute Gasteiger partial charge is 0.244 e. The summed E-state index contributed by atoms with van der Waals surface area (Å²) in [7, 11) is 0. The first-order chi connectivity index (χ1) is 10.1. The molecule has 0 aliphatic carbocycles. The van der Waals surface area contributed by atoms with Crippen molar-refractivity contribution < 1.29 is 9.59 Å². The van der Waals surface area contributed by atoms with Crippen LogP contribution >= 0.6 is 0 Å². The Morgan fingerprint density at radius 2 is 2.00 bits per heavy atom. The summed E-state index contributed by atoms with van der Waals surface area (Å²) in [5.41, 5.74) is 11.3. The van der Waals surface area contributed by atoms with E-state index in [2.05, 4.69) is 10.3 Å². The van der Waals surface area contributed by atoms with E-state index in [4.69, 9.17) is 11.5 Å². The topological polar surface area (TPSA) is 123 Å². The Bertz CT molecular complexity index is 502. The summed E-state index contributed by atoms with van der Waals surface area (Å²) in [6, 6.07) is 0. The highest BCUT2D eigenvalue weighted by Crippen LogP contribution is 2.04. The van der Waals surface area contributed by atoms with Crippen LogP contribution in [0.4, 0.5) is 0 Å². The lowest BCUT2D eigenvalue weighted by atomic mass is 10.3. The summed E-state index contributed by atoms with van der Waals surface area (Å²) in [5, 5.41) is 7.72. The maximum absolute atomic E-state index is 12.2. The van der Waals surface area contributed by atoms with Crippen molar-refractivity contribution >= 4 is 11.8 Å². The molecule has 0 radical (unpaired) electrons. The van der Waals surface area contributed by atoms with Crippen LogP contribution in [-0.4, -0.2) is 69.3 Å². The molecule has 9 heteroatoms. The fourth-order valence-corrected chi connectivity index (χ4v) is 2.35. The van der Waals surface area contributed by atoms with Crippen LogP contribution in [0.25, 0.3) is 0 Å². The third-order valence-corrected chi connectivity index (χ3v) is 3.41. The lowest BCUT2D eigenvalue weighted by Crippen LogP contribution is -2.39. The molecule has 1 fully saturated rings. The minimum Gasteiger partial charge on any atom is -0.369 e. The van der Waals surface area contributed by atoms with Gasteiger partial charge in [-0.15, -0.1) is 5.10 Å². The van der Waals surface area contributed by atoms with Crippen LogP contribution in [0, 0.1) is 0 Å². The molecule has 1 aromatic rings. The number of amides is 2. The molecule has 116 valence electrons. The molecule has 1 aliphatic heterocycles. The first-order valence-electron chi connectivity index (χ1n) is 6.96. The summed E-state index contributed by atoms with van der Waals surface area (Å²) < 4.78 is 1.50. The van der Waals surface area contributed by atoms with Gasteiger partial charge < -0.3 is 16.4 Å². The molecule has 2 amide bonds. The van der Waals surface area contributed by atoms with Crippen molar-refractivity contribution in [2.24, 2.45) is 11.5 Å². The largest absolute Gasteiger partial charge is 0.369 e. The lowest BCUT2D eigenvalue weighted by molar-refractivity contribution is -0.131. The summed E-state index contributed by atoms with van der Waals surface area (Å²) in [4.78, 5) is 26.9. The molecular formula is C12H21N7O2. The number of carbonyl (C=O) groups is 2. The van der Waals surface area contributed by atoms with E-state index in [1.165, 1.54) is 4.68 Å². The third-order valence-electron chi connectivity index (χ3n) is 3.41. The van der Waals surface area contributed by atoms with Crippen LogP contribution in [0.2, 0.25) is 0 Å². The fraction of sp³-hybridized carbons (Fsp3) is 0.667. The number of nitrogens with zero attached hydrogens (tertiary/aromatic N) is 5. The molecule has 0 atom stereocenters. The van der Waals surface area contributed by atoms with Crippen molar-refractivity contribution in [3.8, 4) is 0 Å². The Morgan fingerprint density at radius 3 is 2.67 bits per heavy atom. The Morgan fingerprint density at radius 1 is 1.19 bits per heavy atom. The van der Waals surface area contributed by atoms with E-state index in [9.17, 15) is 9.59 Å². The van der Waals surface area contributed by atoms with Crippen molar-refractivity contribution in [2.45, 2.75) is 19.5 Å². The predicted molar refractivity (Wildman–Crippen MR) is 74.7 cm³/mol. The van der Waals surface area contributed by atoms with Gasteiger partial charge >= 0.3 is 0 Å². The van der Waals surface area contributed by atoms with Gasteiger partial charge in [-0.25, -0.2) is 4.68 Å². The first-order valence-corrected chi connectivity index (χ1v) is 6.96. The van der Waals surface area contributed by atoms with Gasteiger partial charge in [0.15, 0.2) is 0 Å². The average molecular weight is 295 g/mol. The molecule has 1 aromatic heterocycles. The Labute approximate surface area is 122 Å². The Balaban J connectivity index is 1.86. The third kappa shape index (κ3) is 4.50.